The van der Waals surface area contributed by atoms with Crippen LogP contribution in [0.5, 0.6) is 11.6 Å². The molecule has 0 radical (unpaired) electrons. The number of carbonyl (C=O) groups is 1. The van der Waals surface area contributed by atoms with Crippen molar-refractivity contribution in [3.05, 3.63) is 51.8 Å². The molecule has 7 heteroatoms. The van der Waals surface area contributed by atoms with Gasteiger partial charge >= 0.3 is 10.9 Å². The summed E-state index contributed by atoms with van der Waals surface area (Å²) in [4.78, 5) is 25.5. The van der Waals surface area contributed by atoms with E-state index in [1.165, 1.54) is 18.3 Å². The standard InChI is InChI=1S/C13H7NO5S/c15-12(16)7-3-4-14-11(5-7)18-8-1-2-10-9(6-8)19-13(17)20-10/h1-6H,(H,15,16). The number of carboxylic acids is 1. The second kappa shape index (κ2) is 4.78. The van der Waals surface area contributed by atoms with Crippen LogP contribution >= 0.6 is 11.3 Å². The first-order valence-corrected chi connectivity index (χ1v) is 6.34. The molecule has 0 aliphatic rings. The zero-order valence-electron chi connectivity index (χ0n) is 9.90. The van der Waals surface area contributed by atoms with E-state index in [2.05, 4.69) is 4.98 Å². The average Bonchev–Trinajstić information content (AvgIpc) is 2.78. The van der Waals surface area contributed by atoms with Gasteiger partial charge in [-0.1, -0.05) is 11.3 Å². The minimum Gasteiger partial charge on any atom is -0.478 e. The summed E-state index contributed by atoms with van der Waals surface area (Å²) in [5, 5.41) is 8.89. The van der Waals surface area contributed by atoms with Crippen LogP contribution in [-0.2, 0) is 0 Å². The van der Waals surface area contributed by atoms with E-state index in [1.807, 2.05) is 0 Å². The molecule has 1 aromatic carbocycles. The average molecular weight is 289 g/mol. The maximum atomic E-state index is 11.1. The minimum atomic E-state index is -1.06. The van der Waals surface area contributed by atoms with Crippen molar-refractivity contribution in [2.75, 3.05) is 0 Å². The maximum absolute atomic E-state index is 11.1. The molecular weight excluding hydrogens is 282 g/mol. The number of aromatic nitrogens is 1. The molecule has 0 saturated heterocycles. The molecule has 0 unspecified atom stereocenters. The van der Waals surface area contributed by atoms with Crippen molar-refractivity contribution in [1.82, 2.24) is 4.98 Å². The highest BCUT2D eigenvalue weighted by molar-refractivity contribution is 7.16. The molecule has 3 rings (SSSR count). The van der Waals surface area contributed by atoms with Gasteiger partial charge in [-0.05, 0) is 18.2 Å². The third-order valence-electron chi connectivity index (χ3n) is 2.51. The van der Waals surface area contributed by atoms with Gasteiger partial charge in [-0.3, -0.25) is 0 Å². The minimum absolute atomic E-state index is 0.0816. The van der Waals surface area contributed by atoms with Gasteiger partial charge in [0.2, 0.25) is 5.88 Å². The molecule has 6 nitrogen and oxygen atoms in total. The predicted octanol–water partition coefficient (Wildman–Crippen LogP) is 2.74. The molecule has 0 fully saturated rings. The van der Waals surface area contributed by atoms with Crippen LogP contribution in [0.3, 0.4) is 0 Å². The van der Waals surface area contributed by atoms with Gasteiger partial charge in [-0.25, -0.2) is 14.6 Å². The fourth-order valence-corrected chi connectivity index (χ4v) is 2.28. The molecule has 2 aromatic heterocycles. The number of pyridine rings is 1. The summed E-state index contributed by atoms with van der Waals surface area (Å²) in [5.41, 5.74) is 0.505. The van der Waals surface area contributed by atoms with Crippen molar-refractivity contribution in [3.63, 3.8) is 0 Å². The molecule has 100 valence electrons. The molecule has 0 spiro atoms. The van der Waals surface area contributed by atoms with E-state index in [0.717, 1.165) is 16.0 Å². The van der Waals surface area contributed by atoms with Crippen LogP contribution in [0, 0.1) is 0 Å². The highest BCUT2D eigenvalue weighted by atomic mass is 32.1. The fourth-order valence-electron chi connectivity index (χ4n) is 1.64. The number of hydrogen-bond donors (Lipinski definition) is 1. The van der Waals surface area contributed by atoms with Gasteiger partial charge in [0.15, 0.2) is 5.58 Å². The molecule has 0 saturated carbocycles. The summed E-state index contributed by atoms with van der Waals surface area (Å²) in [6.07, 6.45) is 1.35. The third-order valence-corrected chi connectivity index (χ3v) is 3.31. The number of carboxylic acid groups (broad SMARTS) is 1. The largest absolute Gasteiger partial charge is 0.478 e. The van der Waals surface area contributed by atoms with Gasteiger partial charge in [-0.15, -0.1) is 0 Å². The smallest absolute Gasteiger partial charge is 0.396 e. The topological polar surface area (TPSA) is 89.6 Å². The second-order valence-electron chi connectivity index (χ2n) is 3.85. The third kappa shape index (κ3) is 2.39. The van der Waals surface area contributed by atoms with Crippen molar-refractivity contribution in [2.45, 2.75) is 0 Å². The van der Waals surface area contributed by atoms with Crippen LogP contribution in [0.4, 0.5) is 0 Å². The van der Waals surface area contributed by atoms with Crippen LogP contribution < -0.4 is 9.68 Å². The van der Waals surface area contributed by atoms with E-state index in [1.54, 1.807) is 18.2 Å². The van der Waals surface area contributed by atoms with E-state index in [-0.39, 0.29) is 16.4 Å². The SMILES string of the molecule is O=C(O)c1ccnc(Oc2ccc3sc(=O)oc3c2)c1. The Morgan fingerprint density at radius 1 is 1.30 bits per heavy atom. The number of aromatic carboxylic acids is 1. The molecule has 3 aromatic rings. The first kappa shape index (κ1) is 12.4. The van der Waals surface area contributed by atoms with Crippen molar-refractivity contribution in [1.29, 1.82) is 0 Å². The number of benzene rings is 1. The summed E-state index contributed by atoms with van der Waals surface area (Å²) in [6.45, 7) is 0. The van der Waals surface area contributed by atoms with E-state index < -0.39 is 5.97 Å². The Balaban J connectivity index is 1.94. The van der Waals surface area contributed by atoms with Gasteiger partial charge in [0.25, 0.3) is 0 Å². The Morgan fingerprint density at radius 3 is 2.95 bits per heavy atom. The molecule has 20 heavy (non-hydrogen) atoms. The van der Waals surface area contributed by atoms with Crippen LogP contribution in [0.15, 0.2) is 45.7 Å². The highest BCUT2D eigenvalue weighted by Gasteiger charge is 2.08. The highest BCUT2D eigenvalue weighted by Crippen LogP contribution is 2.26. The lowest BCUT2D eigenvalue weighted by atomic mass is 10.3. The van der Waals surface area contributed by atoms with Gasteiger partial charge in [-0.2, -0.15) is 0 Å². The van der Waals surface area contributed by atoms with Crippen molar-refractivity contribution in [2.24, 2.45) is 0 Å². The molecule has 1 N–H and O–H groups in total. The number of hydrogen-bond acceptors (Lipinski definition) is 6. The first-order valence-electron chi connectivity index (χ1n) is 5.53. The van der Waals surface area contributed by atoms with Gasteiger partial charge in [0, 0.05) is 18.3 Å². The predicted molar refractivity (Wildman–Crippen MR) is 71.6 cm³/mol. The lowest BCUT2D eigenvalue weighted by Gasteiger charge is -2.04. The quantitative estimate of drug-likeness (QED) is 0.797. The maximum Gasteiger partial charge on any atom is 0.396 e. The monoisotopic (exact) mass is 289 g/mol. The zero-order valence-corrected chi connectivity index (χ0v) is 10.7. The van der Waals surface area contributed by atoms with E-state index in [9.17, 15) is 9.59 Å². The summed E-state index contributed by atoms with van der Waals surface area (Å²) >= 11 is 1.00. The van der Waals surface area contributed by atoms with E-state index in [0.29, 0.717) is 11.3 Å². The summed E-state index contributed by atoms with van der Waals surface area (Å²) in [5.74, 6) is -0.493. The lowest BCUT2D eigenvalue weighted by Crippen LogP contribution is -1.97. The van der Waals surface area contributed by atoms with Crippen LogP contribution in [0.25, 0.3) is 10.3 Å². The summed E-state index contributed by atoms with van der Waals surface area (Å²) in [7, 11) is 0. The second-order valence-corrected chi connectivity index (χ2v) is 4.83. The number of rotatable bonds is 3. The Bertz CT molecular complexity index is 851. The Morgan fingerprint density at radius 2 is 2.15 bits per heavy atom. The van der Waals surface area contributed by atoms with Crippen LogP contribution in [0.1, 0.15) is 10.4 Å². The molecule has 0 amide bonds. The first-order chi connectivity index (χ1) is 9.61. The van der Waals surface area contributed by atoms with Gasteiger partial charge < -0.3 is 14.3 Å². The fraction of sp³-hybridized carbons (Fsp3) is 0. The van der Waals surface area contributed by atoms with Crippen LogP contribution in [-0.4, -0.2) is 16.1 Å². The molecule has 0 atom stereocenters. The number of nitrogens with zero attached hydrogens (tertiary/aromatic N) is 1. The summed E-state index contributed by atoms with van der Waals surface area (Å²) < 4.78 is 11.1. The lowest BCUT2D eigenvalue weighted by molar-refractivity contribution is 0.0696. The van der Waals surface area contributed by atoms with Crippen molar-refractivity contribution >= 4 is 27.6 Å². The van der Waals surface area contributed by atoms with Gasteiger partial charge in [0.05, 0.1) is 10.3 Å². The molecule has 0 aliphatic heterocycles. The normalized spacial score (nSPS) is 10.6. The van der Waals surface area contributed by atoms with E-state index >= 15 is 0 Å². The van der Waals surface area contributed by atoms with Crippen LogP contribution in [0.2, 0.25) is 0 Å². The van der Waals surface area contributed by atoms with Crippen molar-refractivity contribution < 1.29 is 19.1 Å². The Kier molecular flexibility index (Phi) is 2.96. The molecule has 0 bridgehead atoms. The van der Waals surface area contributed by atoms with Gasteiger partial charge in [0.1, 0.15) is 5.75 Å². The Hall–Kier alpha value is -2.67. The molecule has 0 aliphatic carbocycles. The number of fused-ring (bicyclic) bond motifs is 1. The zero-order chi connectivity index (χ0) is 14.1. The summed E-state index contributed by atoms with van der Waals surface area (Å²) in [6, 6.07) is 7.60. The van der Waals surface area contributed by atoms with Crippen molar-refractivity contribution in [3.8, 4) is 11.6 Å². The Labute approximate surface area is 115 Å². The van der Waals surface area contributed by atoms with E-state index in [4.69, 9.17) is 14.3 Å². The number of ether oxygens (including phenoxy) is 1. The molecular formula is C13H7NO5S. The molecule has 2 heterocycles.